The fourth-order valence-electron chi connectivity index (χ4n) is 1.16. The Morgan fingerprint density at radius 2 is 2.18 bits per heavy atom. The molecule has 0 saturated heterocycles. The summed E-state index contributed by atoms with van der Waals surface area (Å²) in [6.45, 7) is 0. The van der Waals surface area contributed by atoms with E-state index in [2.05, 4.69) is 23.4 Å². The Balaban J connectivity index is 2.67. The van der Waals surface area contributed by atoms with Crippen molar-refractivity contribution >= 4 is 16.6 Å². The highest BCUT2D eigenvalue weighted by atomic mass is 14.8. The monoisotopic (exact) mass is 145 g/mol. The van der Waals surface area contributed by atoms with Gasteiger partial charge in [0, 0.05) is 24.4 Å². The van der Waals surface area contributed by atoms with Crippen molar-refractivity contribution in [2.75, 3.05) is 5.32 Å². The number of anilines is 1. The Morgan fingerprint density at radius 1 is 1.27 bits per heavy atom. The first-order valence-electron chi connectivity index (χ1n) is 3.50. The third-order valence-electron chi connectivity index (χ3n) is 1.76. The van der Waals surface area contributed by atoms with Crippen LogP contribution in [0.2, 0.25) is 0 Å². The number of benzene rings is 1. The van der Waals surface area contributed by atoms with Gasteiger partial charge in [-0.3, -0.25) is 0 Å². The minimum Gasteiger partial charge on any atom is -0.383 e. The van der Waals surface area contributed by atoms with Gasteiger partial charge in [-0.2, -0.15) is 0 Å². The summed E-state index contributed by atoms with van der Waals surface area (Å²) in [5.74, 6) is 0. The summed E-state index contributed by atoms with van der Waals surface area (Å²) in [6.07, 6.45) is 1.93. The molecule has 1 aromatic carbocycles. The maximum Gasteiger partial charge on any atom is 0.0474 e. The number of fused-ring (bicyclic) bond motifs is 1. The first-order valence-corrected chi connectivity index (χ1v) is 3.50. The molecule has 0 atom stereocenters. The Morgan fingerprint density at radius 3 is 3.00 bits per heavy atom. The number of H-pyrrole nitrogens is 1. The van der Waals surface area contributed by atoms with E-state index in [4.69, 9.17) is 0 Å². The summed E-state index contributed by atoms with van der Waals surface area (Å²) in [6, 6.07) is 8.13. The van der Waals surface area contributed by atoms with Crippen molar-refractivity contribution in [1.29, 1.82) is 0 Å². The minimum absolute atomic E-state index is 1.03. The van der Waals surface area contributed by atoms with Crippen molar-refractivity contribution in [3.63, 3.8) is 0 Å². The first kappa shape index (κ1) is 6.28. The molecule has 0 fully saturated rings. The van der Waals surface area contributed by atoms with Gasteiger partial charge in [-0.05, 0) is 23.6 Å². The summed E-state index contributed by atoms with van der Waals surface area (Å²) < 4.78 is 0. The fourth-order valence-corrected chi connectivity index (χ4v) is 1.16. The fraction of sp³-hybridized carbons (Fsp3) is 0. The second-order valence-electron chi connectivity index (χ2n) is 2.46. The van der Waals surface area contributed by atoms with Gasteiger partial charge in [0.15, 0.2) is 0 Å². The van der Waals surface area contributed by atoms with Crippen LogP contribution in [0.25, 0.3) is 10.9 Å². The molecule has 2 rings (SSSR count). The van der Waals surface area contributed by atoms with Crippen molar-refractivity contribution in [2.24, 2.45) is 0 Å². The Labute approximate surface area is 65.2 Å². The van der Waals surface area contributed by atoms with E-state index in [0.717, 1.165) is 11.2 Å². The van der Waals surface area contributed by atoms with E-state index in [-0.39, 0.29) is 0 Å². The molecule has 0 saturated carbocycles. The maximum absolute atomic E-state index is 3.58. The Kier molecular flexibility index (Phi) is 1.32. The van der Waals surface area contributed by atoms with Gasteiger partial charge in [0.2, 0.25) is 0 Å². The molecule has 1 aromatic heterocycles. The summed E-state index contributed by atoms with van der Waals surface area (Å²) in [4.78, 5) is 3.13. The van der Waals surface area contributed by atoms with Crippen LogP contribution < -0.4 is 5.32 Å². The average molecular weight is 145 g/mol. The van der Waals surface area contributed by atoms with Gasteiger partial charge in [0.05, 0.1) is 0 Å². The quantitative estimate of drug-likeness (QED) is 0.633. The van der Waals surface area contributed by atoms with Crippen LogP contribution in [0.1, 0.15) is 0 Å². The molecule has 2 aromatic rings. The predicted octanol–water partition coefficient (Wildman–Crippen LogP) is 2.37. The van der Waals surface area contributed by atoms with E-state index in [1.807, 2.05) is 24.4 Å². The molecule has 55 valence electrons. The Bertz CT molecular complexity index is 362. The number of aromatic amines is 1. The summed E-state index contributed by atoms with van der Waals surface area (Å²) in [5.41, 5.74) is 2.17. The van der Waals surface area contributed by atoms with E-state index in [1.54, 1.807) is 0 Å². The number of hydrogen-bond donors (Lipinski definition) is 2. The van der Waals surface area contributed by atoms with E-state index in [1.165, 1.54) is 5.39 Å². The lowest BCUT2D eigenvalue weighted by Crippen LogP contribution is -1.82. The molecule has 0 unspecified atom stereocenters. The molecule has 0 aliphatic rings. The molecule has 0 aliphatic carbocycles. The largest absolute Gasteiger partial charge is 0.383 e. The van der Waals surface area contributed by atoms with Crippen molar-refractivity contribution in [2.45, 2.75) is 0 Å². The van der Waals surface area contributed by atoms with E-state index in [0.29, 0.717) is 0 Å². The van der Waals surface area contributed by atoms with Crippen LogP contribution in [0.4, 0.5) is 5.69 Å². The normalized spacial score (nSPS) is 10.3. The molecule has 0 spiro atoms. The molecule has 2 heteroatoms. The van der Waals surface area contributed by atoms with Crippen LogP contribution in [0.15, 0.2) is 30.5 Å². The molecule has 11 heavy (non-hydrogen) atoms. The third-order valence-corrected chi connectivity index (χ3v) is 1.76. The van der Waals surface area contributed by atoms with Crippen LogP contribution in [-0.2, 0) is 0 Å². The number of rotatable bonds is 1. The van der Waals surface area contributed by atoms with Crippen LogP contribution in [-0.4, -0.2) is 4.98 Å². The van der Waals surface area contributed by atoms with E-state index < -0.39 is 0 Å². The molecule has 1 radical (unpaired) electrons. The SMILES string of the molecule is [CH2]Nc1ccc2cc[nH]c2c1. The highest BCUT2D eigenvalue weighted by Crippen LogP contribution is 2.16. The molecular formula is C9H9N2. The van der Waals surface area contributed by atoms with Crippen molar-refractivity contribution in [3.05, 3.63) is 37.5 Å². The topological polar surface area (TPSA) is 27.8 Å². The number of aromatic nitrogens is 1. The summed E-state index contributed by atoms with van der Waals surface area (Å²) in [5, 5.41) is 4.06. The lowest BCUT2D eigenvalue weighted by molar-refractivity contribution is 1.47. The van der Waals surface area contributed by atoms with Gasteiger partial charge >= 0.3 is 0 Å². The highest BCUT2D eigenvalue weighted by molar-refractivity contribution is 5.82. The van der Waals surface area contributed by atoms with Crippen LogP contribution in [0.5, 0.6) is 0 Å². The van der Waals surface area contributed by atoms with Crippen LogP contribution in [0, 0.1) is 7.05 Å². The van der Waals surface area contributed by atoms with E-state index in [9.17, 15) is 0 Å². The second kappa shape index (κ2) is 2.31. The number of nitrogens with one attached hydrogen (secondary N) is 2. The highest BCUT2D eigenvalue weighted by Gasteiger charge is 1.93. The maximum atomic E-state index is 3.58. The molecule has 0 bridgehead atoms. The van der Waals surface area contributed by atoms with Crippen molar-refractivity contribution < 1.29 is 0 Å². The zero-order valence-corrected chi connectivity index (χ0v) is 6.09. The molecule has 0 amide bonds. The molecule has 2 nitrogen and oxygen atoms in total. The van der Waals surface area contributed by atoms with Crippen LogP contribution >= 0.6 is 0 Å². The van der Waals surface area contributed by atoms with Gasteiger partial charge in [-0.15, -0.1) is 0 Å². The molecule has 2 N–H and O–H groups in total. The summed E-state index contributed by atoms with van der Waals surface area (Å²) >= 11 is 0. The lowest BCUT2D eigenvalue weighted by Gasteiger charge is -1.97. The standard InChI is InChI=1S/C9H9N2/c1-10-8-3-2-7-4-5-11-9(7)6-8/h2-6,10-11H,1H2. The van der Waals surface area contributed by atoms with Gasteiger partial charge in [0.1, 0.15) is 0 Å². The van der Waals surface area contributed by atoms with Crippen LogP contribution in [0.3, 0.4) is 0 Å². The smallest absolute Gasteiger partial charge is 0.0474 e. The predicted molar refractivity (Wildman–Crippen MR) is 47.3 cm³/mol. The minimum atomic E-state index is 1.03. The average Bonchev–Trinajstić information content (AvgIpc) is 2.50. The summed E-state index contributed by atoms with van der Waals surface area (Å²) in [7, 11) is 3.58. The van der Waals surface area contributed by atoms with Crippen molar-refractivity contribution in [1.82, 2.24) is 4.98 Å². The van der Waals surface area contributed by atoms with Gasteiger partial charge in [0.25, 0.3) is 0 Å². The molecule has 1 heterocycles. The van der Waals surface area contributed by atoms with Gasteiger partial charge < -0.3 is 10.3 Å². The van der Waals surface area contributed by atoms with E-state index >= 15 is 0 Å². The Hall–Kier alpha value is -1.44. The van der Waals surface area contributed by atoms with Gasteiger partial charge in [-0.25, -0.2) is 0 Å². The first-order chi connectivity index (χ1) is 5.40. The molecule has 0 aliphatic heterocycles. The number of hydrogen-bond acceptors (Lipinski definition) is 1. The zero-order valence-electron chi connectivity index (χ0n) is 6.09. The van der Waals surface area contributed by atoms with Crippen molar-refractivity contribution in [3.8, 4) is 0 Å². The lowest BCUT2D eigenvalue weighted by atomic mass is 10.2. The van der Waals surface area contributed by atoms with Gasteiger partial charge in [-0.1, -0.05) is 6.07 Å². The molecular weight excluding hydrogens is 136 g/mol. The second-order valence-corrected chi connectivity index (χ2v) is 2.46. The zero-order chi connectivity index (χ0) is 7.68. The third kappa shape index (κ3) is 0.963.